The molecule has 2 aliphatic heterocycles. The van der Waals surface area contributed by atoms with Crippen LogP contribution in [0.25, 0.3) is 0 Å². The second kappa shape index (κ2) is 7.09. The standard InChI is InChI=1S/C22H22Cl2N2O2/c1-11-8-16(17-9-14(23)10-18(24)20(17)25-11)15-6-4-5-7-19(15)26-21(27)12(2)13(3)22(26)28/h4-7,9-13,16,25H,8H2,1-3H3/t11?,12-,13+,16?. The summed E-state index contributed by atoms with van der Waals surface area (Å²) < 4.78 is 0. The molecule has 0 saturated carbocycles. The molecule has 4 atom stereocenters. The Balaban J connectivity index is 1.87. The van der Waals surface area contributed by atoms with Crippen molar-refractivity contribution in [3.63, 3.8) is 0 Å². The van der Waals surface area contributed by atoms with Gasteiger partial charge in [0.1, 0.15) is 0 Å². The van der Waals surface area contributed by atoms with Crippen LogP contribution in [-0.4, -0.2) is 17.9 Å². The zero-order valence-electron chi connectivity index (χ0n) is 16.0. The van der Waals surface area contributed by atoms with E-state index in [-0.39, 0.29) is 35.6 Å². The number of amides is 2. The first-order chi connectivity index (χ1) is 13.3. The highest BCUT2D eigenvalue weighted by molar-refractivity contribution is 6.36. The monoisotopic (exact) mass is 416 g/mol. The zero-order valence-corrected chi connectivity index (χ0v) is 17.5. The smallest absolute Gasteiger partial charge is 0.237 e. The highest BCUT2D eigenvalue weighted by Crippen LogP contribution is 2.46. The molecule has 4 nitrogen and oxygen atoms in total. The van der Waals surface area contributed by atoms with Crippen LogP contribution in [0.2, 0.25) is 10.0 Å². The second-order valence-corrected chi connectivity index (χ2v) is 8.68. The van der Waals surface area contributed by atoms with Gasteiger partial charge in [-0.2, -0.15) is 0 Å². The Morgan fingerprint density at radius 1 is 0.964 bits per heavy atom. The first-order valence-electron chi connectivity index (χ1n) is 9.51. The first kappa shape index (κ1) is 19.3. The fraction of sp³-hybridized carbons (Fsp3) is 0.364. The summed E-state index contributed by atoms with van der Waals surface area (Å²) in [4.78, 5) is 27.0. The van der Waals surface area contributed by atoms with Crippen molar-refractivity contribution in [1.29, 1.82) is 0 Å². The number of imide groups is 1. The molecular weight excluding hydrogens is 395 g/mol. The molecule has 0 aliphatic carbocycles. The summed E-state index contributed by atoms with van der Waals surface area (Å²) in [6.45, 7) is 5.73. The average molecular weight is 417 g/mol. The largest absolute Gasteiger partial charge is 0.381 e. The summed E-state index contributed by atoms with van der Waals surface area (Å²) in [5.74, 6) is -0.939. The van der Waals surface area contributed by atoms with Gasteiger partial charge in [0.2, 0.25) is 11.8 Å². The van der Waals surface area contributed by atoms with E-state index in [9.17, 15) is 9.59 Å². The minimum absolute atomic E-state index is 0.0227. The average Bonchev–Trinajstić information content (AvgIpc) is 2.85. The van der Waals surface area contributed by atoms with E-state index < -0.39 is 0 Å². The van der Waals surface area contributed by atoms with Crippen molar-refractivity contribution in [1.82, 2.24) is 0 Å². The Morgan fingerprint density at radius 2 is 1.61 bits per heavy atom. The van der Waals surface area contributed by atoms with Crippen molar-refractivity contribution in [3.8, 4) is 0 Å². The molecule has 4 rings (SSSR count). The molecule has 2 aromatic rings. The van der Waals surface area contributed by atoms with Gasteiger partial charge in [0.05, 0.1) is 16.4 Å². The Hall–Kier alpha value is -2.04. The molecule has 2 aliphatic rings. The number of hydrogen-bond donors (Lipinski definition) is 1. The molecule has 28 heavy (non-hydrogen) atoms. The third-order valence-electron chi connectivity index (χ3n) is 5.96. The lowest BCUT2D eigenvalue weighted by Gasteiger charge is -2.34. The van der Waals surface area contributed by atoms with Gasteiger partial charge in [-0.25, -0.2) is 4.90 Å². The van der Waals surface area contributed by atoms with Gasteiger partial charge in [0, 0.05) is 28.8 Å². The van der Waals surface area contributed by atoms with Crippen LogP contribution in [0, 0.1) is 11.8 Å². The summed E-state index contributed by atoms with van der Waals surface area (Å²) in [6, 6.07) is 11.5. The van der Waals surface area contributed by atoms with Gasteiger partial charge in [-0.1, -0.05) is 55.2 Å². The van der Waals surface area contributed by atoms with Crippen LogP contribution in [0.15, 0.2) is 36.4 Å². The molecule has 1 N–H and O–H groups in total. The molecule has 6 heteroatoms. The van der Waals surface area contributed by atoms with Crippen LogP contribution in [0.1, 0.15) is 44.2 Å². The number of hydrogen-bond acceptors (Lipinski definition) is 3. The number of halogens is 2. The van der Waals surface area contributed by atoms with E-state index in [0.717, 1.165) is 23.2 Å². The van der Waals surface area contributed by atoms with Crippen molar-refractivity contribution in [3.05, 3.63) is 57.6 Å². The molecule has 0 radical (unpaired) electrons. The van der Waals surface area contributed by atoms with Gasteiger partial charge in [-0.15, -0.1) is 0 Å². The van der Waals surface area contributed by atoms with Gasteiger partial charge in [-0.05, 0) is 42.7 Å². The van der Waals surface area contributed by atoms with Crippen molar-refractivity contribution < 1.29 is 9.59 Å². The van der Waals surface area contributed by atoms with E-state index in [1.54, 1.807) is 6.07 Å². The lowest BCUT2D eigenvalue weighted by atomic mass is 9.81. The van der Waals surface area contributed by atoms with Crippen molar-refractivity contribution in [2.24, 2.45) is 11.8 Å². The summed E-state index contributed by atoms with van der Waals surface area (Å²) in [6.07, 6.45) is 0.808. The molecular formula is C22H22Cl2N2O2. The molecule has 146 valence electrons. The molecule has 2 unspecified atom stereocenters. The number of rotatable bonds is 2. The molecule has 2 aromatic carbocycles. The van der Waals surface area contributed by atoms with Gasteiger partial charge >= 0.3 is 0 Å². The Morgan fingerprint density at radius 3 is 2.29 bits per heavy atom. The second-order valence-electron chi connectivity index (χ2n) is 7.83. The lowest BCUT2D eigenvalue weighted by molar-refractivity contribution is -0.122. The highest BCUT2D eigenvalue weighted by atomic mass is 35.5. The van der Waals surface area contributed by atoms with Crippen LogP contribution in [0.4, 0.5) is 11.4 Å². The van der Waals surface area contributed by atoms with Gasteiger partial charge < -0.3 is 5.32 Å². The Labute approximate surface area is 174 Å². The molecule has 1 fully saturated rings. The van der Waals surface area contributed by atoms with E-state index in [1.165, 1.54) is 4.90 Å². The zero-order chi connectivity index (χ0) is 20.2. The van der Waals surface area contributed by atoms with Crippen LogP contribution >= 0.6 is 23.2 Å². The number of carbonyl (C=O) groups excluding carboxylic acids is 2. The third kappa shape index (κ3) is 2.99. The molecule has 0 spiro atoms. The number of fused-ring (bicyclic) bond motifs is 1. The maximum Gasteiger partial charge on any atom is 0.237 e. The van der Waals surface area contributed by atoms with Crippen LogP contribution in [0.3, 0.4) is 0 Å². The summed E-state index contributed by atoms with van der Waals surface area (Å²) in [5, 5.41) is 4.58. The summed E-state index contributed by atoms with van der Waals surface area (Å²) in [5.41, 5.74) is 3.46. The molecule has 2 heterocycles. The van der Waals surface area contributed by atoms with E-state index >= 15 is 0 Å². The minimum Gasteiger partial charge on any atom is -0.381 e. The Kier molecular flexibility index (Phi) is 4.88. The fourth-order valence-electron chi connectivity index (χ4n) is 4.27. The number of benzene rings is 2. The van der Waals surface area contributed by atoms with E-state index in [0.29, 0.717) is 15.7 Å². The van der Waals surface area contributed by atoms with Gasteiger partial charge in [-0.3, -0.25) is 9.59 Å². The van der Waals surface area contributed by atoms with Gasteiger partial charge in [0.25, 0.3) is 0 Å². The molecule has 1 saturated heterocycles. The number of anilines is 2. The number of nitrogens with zero attached hydrogens (tertiary/aromatic N) is 1. The number of para-hydroxylation sites is 1. The maximum absolute atomic E-state index is 12.8. The quantitative estimate of drug-likeness (QED) is 0.659. The van der Waals surface area contributed by atoms with E-state index in [1.807, 2.05) is 44.2 Å². The normalized spacial score (nSPS) is 27.0. The third-order valence-corrected chi connectivity index (χ3v) is 6.48. The minimum atomic E-state index is -0.316. The lowest BCUT2D eigenvalue weighted by Crippen LogP contribution is -2.33. The van der Waals surface area contributed by atoms with Crippen molar-refractivity contribution in [2.75, 3.05) is 10.2 Å². The van der Waals surface area contributed by atoms with Gasteiger partial charge in [0.15, 0.2) is 0 Å². The van der Waals surface area contributed by atoms with Crippen molar-refractivity contribution >= 4 is 46.4 Å². The molecule has 0 aromatic heterocycles. The van der Waals surface area contributed by atoms with Crippen LogP contribution < -0.4 is 10.2 Å². The molecule has 0 bridgehead atoms. The van der Waals surface area contributed by atoms with Crippen LogP contribution in [0.5, 0.6) is 0 Å². The SMILES string of the molecule is CC1CC(c2ccccc2N2C(=O)[C@@H](C)[C@@H](C)C2=O)c2cc(Cl)cc(Cl)c2N1. The van der Waals surface area contributed by atoms with E-state index in [4.69, 9.17) is 23.2 Å². The van der Waals surface area contributed by atoms with Crippen molar-refractivity contribution in [2.45, 2.75) is 39.2 Å². The summed E-state index contributed by atoms with van der Waals surface area (Å²) >= 11 is 12.7. The predicted octanol–water partition coefficient (Wildman–Crippen LogP) is 5.47. The molecule has 2 amide bonds. The topological polar surface area (TPSA) is 49.4 Å². The Bertz CT molecular complexity index is 955. The van der Waals surface area contributed by atoms with Crippen LogP contribution in [-0.2, 0) is 9.59 Å². The summed E-state index contributed by atoms with van der Waals surface area (Å²) in [7, 11) is 0. The highest BCUT2D eigenvalue weighted by Gasteiger charge is 2.44. The first-order valence-corrected chi connectivity index (χ1v) is 10.3. The fourth-order valence-corrected chi connectivity index (χ4v) is 4.83. The number of nitrogens with one attached hydrogen (secondary N) is 1. The van der Waals surface area contributed by atoms with E-state index in [2.05, 4.69) is 12.2 Å². The maximum atomic E-state index is 12.8. The predicted molar refractivity (Wildman–Crippen MR) is 113 cm³/mol. The number of carbonyl (C=O) groups is 2.